The lowest BCUT2D eigenvalue weighted by Gasteiger charge is -2.07. The zero-order valence-corrected chi connectivity index (χ0v) is 15.1. The summed E-state index contributed by atoms with van der Waals surface area (Å²) >= 11 is 0. The molecule has 3 aromatic rings. The molecule has 1 N–H and O–H groups in total. The van der Waals surface area contributed by atoms with E-state index in [-0.39, 0.29) is 16.4 Å². The van der Waals surface area contributed by atoms with Crippen LogP contribution in [0.3, 0.4) is 0 Å². The summed E-state index contributed by atoms with van der Waals surface area (Å²) in [6.07, 6.45) is 2.18. The van der Waals surface area contributed by atoms with Crippen LogP contribution in [0.2, 0.25) is 0 Å². The summed E-state index contributed by atoms with van der Waals surface area (Å²) < 4.78 is 30.3. The second-order valence-electron chi connectivity index (χ2n) is 5.86. The molecule has 0 spiro atoms. The fourth-order valence-corrected chi connectivity index (χ4v) is 4.00. The van der Waals surface area contributed by atoms with Crippen molar-refractivity contribution in [2.45, 2.75) is 24.0 Å². The second kappa shape index (κ2) is 7.58. The summed E-state index contributed by atoms with van der Waals surface area (Å²) in [5, 5.41) is 2.76. The Morgan fingerprint density at radius 1 is 1.04 bits per heavy atom. The number of benzene rings is 2. The number of furan rings is 1. The van der Waals surface area contributed by atoms with E-state index in [1.54, 1.807) is 24.3 Å². The molecular formula is C20H19NO4S. The quantitative estimate of drug-likeness (QED) is 0.711. The van der Waals surface area contributed by atoms with Crippen LogP contribution in [-0.2, 0) is 22.0 Å². The van der Waals surface area contributed by atoms with Crippen molar-refractivity contribution in [2.24, 2.45) is 0 Å². The number of hydrogen-bond acceptors (Lipinski definition) is 4. The van der Waals surface area contributed by atoms with Gasteiger partial charge >= 0.3 is 0 Å². The minimum atomic E-state index is -3.56. The molecule has 5 nitrogen and oxygen atoms in total. The Kier molecular flexibility index (Phi) is 5.23. The molecule has 0 aliphatic heterocycles. The Morgan fingerprint density at radius 2 is 1.81 bits per heavy atom. The van der Waals surface area contributed by atoms with Crippen LogP contribution in [0.15, 0.2) is 76.2 Å². The van der Waals surface area contributed by atoms with Crippen LogP contribution in [0.4, 0.5) is 5.69 Å². The Bertz CT molecular complexity index is 1010. The third kappa shape index (κ3) is 4.03. The van der Waals surface area contributed by atoms with Crippen molar-refractivity contribution in [1.29, 1.82) is 0 Å². The van der Waals surface area contributed by atoms with Crippen LogP contribution in [-0.4, -0.2) is 14.3 Å². The molecule has 134 valence electrons. The van der Waals surface area contributed by atoms with E-state index in [4.69, 9.17) is 4.42 Å². The molecule has 0 atom stereocenters. The van der Waals surface area contributed by atoms with E-state index in [0.29, 0.717) is 11.3 Å². The number of sulfone groups is 1. The third-order valence-corrected chi connectivity index (χ3v) is 5.68. The van der Waals surface area contributed by atoms with Gasteiger partial charge in [-0.2, -0.15) is 0 Å². The van der Waals surface area contributed by atoms with Gasteiger partial charge in [0.05, 0.1) is 16.9 Å². The number of carbonyl (C=O) groups excluding carboxylic acids is 1. The molecule has 0 fully saturated rings. The van der Waals surface area contributed by atoms with Crippen LogP contribution in [0.1, 0.15) is 28.6 Å². The molecule has 1 amide bonds. The van der Waals surface area contributed by atoms with Crippen molar-refractivity contribution in [2.75, 3.05) is 5.32 Å². The number of rotatable bonds is 6. The molecule has 0 saturated heterocycles. The van der Waals surface area contributed by atoms with Gasteiger partial charge in [-0.3, -0.25) is 4.79 Å². The lowest BCUT2D eigenvalue weighted by Crippen LogP contribution is -2.15. The first kappa shape index (κ1) is 17.9. The summed E-state index contributed by atoms with van der Waals surface area (Å²) in [5.41, 5.74) is 2.06. The zero-order chi connectivity index (χ0) is 18.6. The Labute approximate surface area is 152 Å². The minimum Gasteiger partial charge on any atom is -0.459 e. The number of hydrogen-bond donors (Lipinski definition) is 1. The van der Waals surface area contributed by atoms with Crippen LogP contribution in [0.25, 0.3) is 0 Å². The Morgan fingerprint density at radius 3 is 2.54 bits per heavy atom. The molecule has 3 rings (SSSR count). The first-order chi connectivity index (χ1) is 12.5. The van der Waals surface area contributed by atoms with E-state index in [0.717, 1.165) is 12.0 Å². The first-order valence-electron chi connectivity index (χ1n) is 8.24. The summed E-state index contributed by atoms with van der Waals surface area (Å²) in [4.78, 5) is 12.7. The fraction of sp³-hybridized carbons (Fsp3) is 0.150. The molecule has 0 radical (unpaired) electrons. The Hall–Kier alpha value is -2.86. The average molecular weight is 369 g/mol. The largest absolute Gasteiger partial charge is 0.459 e. The predicted octanol–water partition coefficient (Wildman–Crippen LogP) is 4.07. The normalized spacial score (nSPS) is 11.3. The molecular weight excluding hydrogens is 350 g/mol. The summed E-state index contributed by atoms with van der Waals surface area (Å²) in [5.74, 6) is -0.765. The summed E-state index contributed by atoms with van der Waals surface area (Å²) in [6, 6.07) is 17.1. The van der Waals surface area contributed by atoms with E-state index in [9.17, 15) is 13.2 Å². The number of anilines is 1. The number of carbonyl (C=O) groups is 1. The van der Waals surface area contributed by atoms with Crippen molar-refractivity contribution < 1.29 is 17.6 Å². The van der Waals surface area contributed by atoms with Gasteiger partial charge in [0.25, 0.3) is 5.91 Å². The van der Waals surface area contributed by atoms with Crippen LogP contribution in [0.5, 0.6) is 0 Å². The lowest BCUT2D eigenvalue weighted by atomic mass is 10.1. The van der Waals surface area contributed by atoms with Gasteiger partial charge in [0.1, 0.15) is 0 Å². The highest BCUT2D eigenvalue weighted by Crippen LogP contribution is 2.21. The molecule has 6 heteroatoms. The topological polar surface area (TPSA) is 76.4 Å². The van der Waals surface area contributed by atoms with Crippen molar-refractivity contribution in [1.82, 2.24) is 0 Å². The van der Waals surface area contributed by atoms with Gasteiger partial charge in [-0.25, -0.2) is 8.42 Å². The van der Waals surface area contributed by atoms with Crippen molar-refractivity contribution in [3.63, 3.8) is 0 Å². The van der Waals surface area contributed by atoms with E-state index in [1.165, 1.54) is 24.5 Å². The van der Waals surface area contributed by atoms with E-state index in [1.807, 2.05) is 25.1 Å². The number of aryl methyl sites for hydroxylation is 1. The van der Waals surface area contributed by atoms with Gasteiger partial charge < -0.3 is 9.73 Å². The number of nitrogens with one attached hydrogen (secondary N) is 1. The Balaban J connectivity index is 1.81. The van der Waals surface area contributed by atoms with Crippen molar-refractivity contribution in [3.05, 3.63) is 83.8 Å². The molecule has 0 unspecified atom stereocenters. The minimum absolute atomic E-state index is 0.00593. The fourth-order valence-electron chi connectivity index (χ4n) is 2.62. The van der Waals surface area contributed by atoms with E-state index < -0.39 is 15.7 Å². The van der Waals surface area contributed by atoms with E-state index in [2.05, 4.69) is 5.32 Å². The van der Waals surface area contributed by atoms with Crippen LogP contribution >= 0.6 is 0 Å². The van der Waals surface area contributed by atoms with Gasteiger partial charge in [-0.1, -0.05) is 37.3 Å². The molecule has 0 saturated carbocycles. The average Bonchev–Trinajstić information content (AvgIpc) is 3.10. The molecule has 0 aliphatic rings. The van der Waals surface area contributed by atoms with Gasteiger partial charge in [-0.15, -0.1) is 0 Å². The number of amides is 1. The highest BCUT2D eigenvalue weighted by atomic mass is 32.2. The zero-order valence-electron chi connectivity index (χ0n) is 14.3. The first-order valence-corrected chi connectivity index (χ1v) is 9.89. The molecule has 1 aromatic heterocycles. The monoisotopic (exact) mass is 369 g/mol. The third-order valence-electron chi connectivity index (χ3n) is 3.99. The maximum absolute atomic E-state index is 12.5. The standard InChI is InChI=1S/C20H19NO4S/c1-2-15-7-6-8-17(13-15)21-20(22)19-16(11-12-25-19)14-26(23,24)18-9-4-3-5-10-18/h3-13H,2,14H2,1H3,(H,21,22). The van der Waals surface area contributed by atoms with Gasteiger partial charge in [0, 0.05) is 11.3 Å². The van der Waals surface area contributed by atoms with Gasteiger partial charge in [0.15, 0.2) is 15.6 Å². The highest BCUT2D eigenvalue weighted by Gasteiger charge is 2.22. The van der Waals surface area contributed by atoms with E-state index >= 15 is 0 Å². The van der Waals surface area contributed by atoms with Gasteiger partial charge in [0.2, 0.25) is 0 Å². The molecule has 0 bridgehead atoms. The SMILES string of the molecule is CCc1cccc(NC(=O)c2occc2CS(=O)(=O)c2ccccc2)c1. The molecule has 2 aromatic carbocycles. The maximum Gasteiger partial charge on any atom is 0.291 e. The van der Waals surface area contributed by atoms with Crippen molar-refractivity contribution >= 4 is 21.4 Å². The predicted molar refractivity (Wildman–Crippen MR) is 99.8 cm³/mol. The summed E-state index contributed by atoms with van der Waals surface area (Å²) in [7, 11) is -3.56. The van der Waals surface area contributed by atoms with Gasteiger partial charge in [-0.05, 0) is 42.3 Å². The summed E-state index contributed by atoms with van der Waals surface area (Å²) in [6.45, 7) is 2.03. The van der Waals surface area contributed by atoms with Crippen LogP contribution in [0, 0.1) is 0 Å². The highest BCUT2D eigenvalue weighted by molar-refractivity contribution is 7.90. The van der Waals surface area contributed by atoms with Crippen LogP contribution < -0.4 is 5.32 Å². The molecule has 0 aliphatic carbocycles. The molecule has 26 heavy (non-hydrogen) atoms. The maximum atomic E-state index is 12.5. The molecule has 1 heterocycles. The smallest absolute Gasteiger partial charge is 0.291 e. The lowest BCUT2D eigenvalue weighted by molar-refractivity contribution is 0.0996. The second-order valence-corrected chi connectivity index (χ2v) is 7.84. The van der Waals surface area contributed by atoms with Crippen molar-refractivity contribution in [3.8, 4) is 0 Å².